The van der Waals surface area contributed by atoms with E-state index < -0.39 is 0 Å². The molecule has 2 heterocycles. The highest BCUT2D eigenvalue weighted by Crippen LogP contribution is 2.36. The van der Waals surface area contributed by atoms with Crippen LogP contribution in [0.25, 0.3) is 16.8 Å². The van der Waals surface area contributed by atoms with Crippen LogP contribution in [0.3, 0.4) is 0 Å². The minimum absolute atomic E-state index is 0.122. The van der Waals surface area contributed by atoms with Crippen LogP contribution in [0.2, 0.25) is 0 Å². The molecule has 1 aromatic heterocycles. The number of hydrogen-bond acceptors (Lipinski definition) is 5. The Bertz CT molecular complexity index is 1050. The van der Waals surface area contributed by atoms with E-state index in [1.165, 1.54) is 16.7 Å². The number of fused-ring (bicyclic) bond motifs is 1. The quantitative estimate of drug-likeness (QED) is 0.490. The predicted octanol–water partition coefficient (Wildman–Crippen LogP) is 4.65. The third-order valence-corrected chi connectivity index (χ3v) is 5.37. The molecule has 4 rings (SSSR count). The van der Waals surface area contributed by atoms with Crippen molar-refractivity contribution in [3.8, 4) is 5.75 Å². The molecule has 4 nitrogen and oxygen atoms in total. The molecule has 6 heteroatoms. The average molecular weight is 378 g/mol. The molecule has 0 radical (unpaired) electrons. The van der Waals surface area contributed by atoms with Gasteiger partial charge in [0.1, 0.15) is 5.75 Å². The Kier molecular flexibility index (Phi) is 4.44. The van der Waals surface area contributed by atoms with Crippen LogP contribution in [0, 0.1) is 0 Å². The van der Waals surface area contributed by atoms with Crippen molar-refractivity contribution in [1.29, 1.82) is 0 Å². The van der Waals surface area contributed by atoms with Crippen LogP contribution in [0.4, 0.5) is 5.69 Å². The summed E-state index contributed by atoms with van der Waals surface area (Å²) in [4.78, 5) is 19.0. The Balaban J connectivity index is 1.67. The summed E-state index contributed by atoms with van der Waals surface area (Å²) in [6, 6.07) is 15.6. The second-order valence-corrected chi connectivity index (χ2v) is 7.38. The molecule has 1 saturated heterocycles. The fourth-order valence-electron chi connectivity index (χ4n) is 2.79. The molecular weight excluding hydrogens is 364 g/mol. The van der Waals surface area contributed by atoms with Gasteiger partial charge in [0.2, 0.25) is 0 Å². The lowest BCUT2D eigenvalue weighted by Gasteiger charge is -2.13. The summed E-state index contributed by atoms with van der Waals surface area (Å²) in [5, 5.41) is 2.17. The number of ether oxygens (including phenoxy) is 1. The van der Waals surface area contributed by atoms with Gasteiger partial charge in [-0.15, -0.1) is 0 Å². The van der Waals surface area contributed by atoms with Crippen molar-refractivity contribution in [1.82, 2.24) is 4.98 Å². The van der Waals surface area contributed by atoms with Gasteiger partial charge in [-0.25, -0.2) is 0 Å². The Morgan fingerprint density at radius 2 is 1.96 bits per heavy atom. The van der Waals surface area contributed by atoms with E-state index >= 15 is 0 Å². The highest BCUT2D eigenvalue weighted by molar-refractivity contribution is 8.27. The third-order valence-electron chi connectivity index (χ3n) is 4.07. The van der Waals surface area contributed by atoms with Crippen LogP contribution in [0.15, 0.2) is 65.8 Å². The number of aromatic nitrogens is 1. The van der Waals surface area contributed by atoms with Crippen LogP contribution >= 0.6 is 24.0 Å². The molecule has 0 aliphatic carbocycles. The van der Waals surface area contributed by atoms with Crippen molar-refractivity contribution >= 4 is 56.7 Å². The summed E-state index contributed by atoms with van der Waals surface area (Å²) in [7, 11) is 1.65. The van der Waals surface area contributed by atoms with E-state index in [0.29, 0.717) is 14.9 Å². The number of carbonyl (C=O) groups is 1. The monoisotopic (exact) mass is 378 g/mol. The summed E-state index contributed by atoms with van der Waals surface area (Å²) < 4.78 is 5.77. The van der Waals surface area contributed by atoms with Crippen LogP contribution in [-0.2, 0) is 4.79 Å². The fourth-order valence-corrected chi connectivity index (χ4v) is 4.09. The van der Waals surface area contributed by atoms with E-state index in [-0.39, 0.29) is 5.91 Å². The summed E-state index contributed by atoms with van der Waals surface area (Å²) in [6.45, 7) is 0. The number of anilines is 1. The van der Waals surface area contributed by atoms with Crippen molar-refractivity contribution in [2.75, 3.05) is 12.0 Å². The first-order chi connectivity index (χ1) is 12.7. The van der Waals surface area contributed by atoms with Gasteiger partial charge in [0.25, 0.3) is 5.91 Å². The highest BCUT2D eigenvalue weighted by Gasteiger charge is 2.33. The molecule has 1 aliphatic heterocycles. The predicted molar refractivity (Wildman–Crippen MR) is 110 cm³/mol. The van der Waals surface area contributed by atoms with Gasteiger partial charge in [0, 0.05) is 6.20 Å². The molecule has 0 spiro atoms. The summed E-state index contributed by atoms with van der Waals surface area (Å²) >= 11 is 6.69. The summed E-state index contributed by atoms with van der Waals surface area (Å²) in [5.74, 6) is 0.699. The zero-order chi connectivity index (χ0) is 18.1. The Hall–Kier alpha value is -2.70. The molecule has 0 atom stereocenters. The maximum atomic E-state index is 12.8. The maximum absolute atomic E-state index is 12.8. The van der Waals surface area contributed by atoms with Gasteiger partial charge in [-0.1, -0.05) is 42.2 Å². The maximum Gasteiger partial charge on any atom is 0.270 e. The standard InChI is InChI=1S/C20H14N2O2S2/c1-24-17-7-6-14-9-13(4-5-15(14)11-17)10-18-19(23)22(20(25)26-18)16-3-2-8-21-12-16/h2-12H,1H3/b18-10-. The van der Waals surface area contributed by atoms with Gasteiger partial charge >= 0.3 is 0 Å². The van der Waals surface area contributed by atoms with Crippen LogP contribution < -0.4 is 9.64 Å². The largest absolute Gasteiger partial charge is 0.497 e. The number of thiocarbonyl (C=S) groups is 1. The topological polar surface area (TPSA) is 42.4 Å². The lowest BCUT2D eigenvalue weighted by molar-refractivity contribution is -0.113. The SMILES string of the molecule is COc1ccc2cc(/C=C3\SC(=S)N(c4cccnc4)C3=O)ccc2c1. The number of benzene rings is 2. The van der Waals surface area contributed by atoms with Crippen molar-refractivity contribution in [3.63, 3.8) is 0 Å². The molecule has 0 unspecified atom stereocenters. The van der Waals surface area contributed by atoms with Crippen molar-refractivity contribution in [3.05, 3.63) is 71.4 Å². The van der Waals surface area contributed by atoms with E-state index in [1.807, 2.05) is 48.5 Å². The van der Waals surface area contributed by atoms with Crippen LogP contribution in [0.5, 0.6) is 5.75 Å². The first-order valence-electron chi connectivity index (χ1n) is 7.91. The van der Waals surface area contributed by atoms with E-state index in [9.17, 15) is 4.79 Å². The molecular formula is C20H14N2O2S2. The van der Waals surface area contributed by atoms with E-state index in [1.54, 1.807) is 25.6 Å². The van der Waals surface area contributed by atoms with Gasteiger partial charge in [0.05, 0.1) is 23.9 Å². The lowest BCUT2D eigenvalue weighted by atomic mass is 10.1. The third kappa shape index (κ3) is 3.09. The van der Waals surface area contributed by atoms with Gasteiger partial charge < -0.3 is 4.74 Å². The van der Waals surface area contributed by atoms with E-state index in [2.05, 4.69) is 4.98 Å². The first kappa shape index (κ1) is 16.8. The van der Waals surface area contributed by atoms with Crippen molar-refractivity contribution < 1.29 is 9.53 Å². The molecule has 26 heavy (non-hydrogen) atoms. The smallest absolute Gasteiger partial charge is 0.270 e. The molecule has 0 bridgehead atoms. The molecule has 0 N–H and O–H groups in total. The molecule has 1 aliphatic rings. The molecule has 128 valence electrons. The molecule has 2 aromatic carbocycles. The van der Waals surface area contributed by atoms with Crippen molar-refractivity contribution in [2.45, 2.75) is 0 Å². The van der Waals surface area contributed by atoms with Crippen LogP contribution in [-0.4, -0.2) is 22.3 Å². The number of amides is 1. The number of nitrogens with zero attached hydrogens (tertiary/aromatic N) is 2. The Morgan fingerprint density at radius 1 is 1.15 bits per heavy atom. The van der Waals surface area contributed by atoms with Crippen LogP contribution in [0.1, 0.15) is 5.56 Å². The Morgan fingerprint density at radius 3 is 2.73 bits per heavy atom. The minimum Gasteiger partial charge on any atom is -0.497 e. The molecule has 1 amide bonds. The number of pyridine rings is 1. The molecule has 3 aromatic rings. The second-order valence-electron chi connectivity index (χ2n) is 5.70. The highest BCUT2D eigenvalue weighted by atomic mass is 32.2. The normalized spacial score (nSPS) is 15.9. The molecule has 0 saturated carbocycles. The van der Waals surface area contributed by atoms with Gasteiger partial charge in [-0.3, -0.25) is 14.7 Å². The van der Waals surface area contributed by atoms with Gasteiger partial charge in [0.15, 0.2) is 4.32 Å². The fraction of sp³-hybridized carbons (Fsp3) is 0.0500. The van der Waals surface area contributed by atoms with Gasteiger partial charge in [-0.05, 0) is 52.7 Å². The number of hydrogen-bond donors (Lipinski definition) is 0. The second kappa shape index (κ2) is 6.90. The zero-order valence-electron chi connectivity index (χ0n) is 13.9. The minimum atomic E-state index is -0.122. The lowest BCUT2D eigenvalue weighted by Crippen LogP contribution is -2.27. The summed E-state index contributed by atoms with van der Waals surface area (Å²) in [6.07, 6.45) is 5.18. The summed E-state index contributed by atoms with van der Waals surface area (Å²) in [5.41, 5.74) is 1.64. The van der Waals surface area contributed by atoms with Gasteiger partial charge in [-0.2, -0.15) is 0 Å². The number of methoxy groups -OCH3 is 1. The Labute approximate surface area is 160 Å². The van der Waals surface area contributed by atoms with E-state index in [4.69, 9.17) is 17.0 Å². The number of thioether (sulfide) groups is 1. The molecule has 1 fully saturated rings. The first-order valence-corrected chi connectivity index (χ1v) is 9.14. The van der Waals surface area contributed by atoms with E-state index in [0.717, 1.165) is 22.1 Å². The average Bonchev–Trinajstić information content (AvgIpc) is 2.95. The number of carbonyl (C=O) groups excluding carboxylic acids is 1. The number of rotatable bonds is 3. The van der Waals surface area contributed by atoms with Crippen molar-refractivity contribution in [2.24, 2.45) is 0 Å². The zero-order valence-corrected chi connectivity index (χ0v) is 15.5.